The van der Waals surface area contributed by atoms with Gasteiger partial charge in [-0.1, -0.05) is 34.6 Å². The van der Waals surface area contributed by atoms with Crippen LogP contribution in [0.2, 0.25) is 0 Å². The fourth-order valence-electron chi connectivity index (χ4n) is 1.61. The van der Waals surface area contributed by atoms with E-state index in [-0.39, 0.29) is 10.7 Å². The monoisotopic (exact) mass is 260 g/mol. The summed E-state index contributed by atoms with van der Waals surface area (Å²) in [6, 6.07) is 0. The first-order valence-electron chi connectivity index (χ1n) is 6.09. The molecule has 16 heavy (non-hydrogen) atoms. The number of ketones is 1. The molecular formula is C13H24OS2. The summed E-state index contributed by atoms with van der Waals surface area (Å²) < 4.78 is 0. The lowest BCUT2D eigenvalue weighted by molar-refractivity contribution is -0.118. The molecule has 1 fully saturated rings. The summed E-state index contributed by atoms with van der Waals surface area (Å²) >= 11 is 3.84. The molecule has 3 unspecified atom stereocenters. The highest BCUT2D eigenvalue weighted by molar-refractivity contribution is 8.08. The molecule has 0 spiro atoms. The van der Waals surface area contributed by atoms with Crippen molar-refractivity contribution in [1.82, 2.24) is 0 Å². The summed E-state index contributed by atoms with van der Waals surface area (Å²) in [6.07, 6.45) is 1.76. The van der Waals surface area contributed by atoms with Crippen molar-refractivity contribution in [2.75, 3.05) is 5.75 Å². The van der Waals surface area contributed by atoms with Crippen LogP contribution in [-0.2, 0) is 4.79 Å². The highest BCUT2D eigenvalue weighted by Crippen LogP contribution is 2.37. The Kier molecular flexibility index (Phi) is 5.24. The first-order valence-corrected chi connectivity index (χ1v) is 8.08. The van der Waals surface area contributed by atoms with Gasteiger partial charge in [0.2, 0.25) is 0 Å². The number of Topliss-reactive ketones (excluding diaryl/α,β-unsaturated/α-hetero) is 1. The van der Waals surface area contributed by atoms with Crippen LogP contribution >= 0.6 is 23.5 Å². The van der Waals surface area contributed by atoms with E-state index in [9.17, 15) is 4.79 Å². The number of rotatable bonds is 3. The standard InChI is InChI=1S/C13H24OS2/c1-9-10(2)16-12(8-15-9)11(14)6-7-13(3,4)5/h9-10,12H,6-8H2,1-5H3. The molecule has 1 saturated heterocycles. The van der Waals surface area contributed by atoms with E-state index >= 15 is 0 Å². The van der Waals surface area contributed by atoms with Crippen molar-refractivity contribution < 1.29 is 4.79 Å². The topological polar surface area (TPSA) is 17.1 Å². The third kappa shape index (κ3) is 4.70. The fourth-order valence-corrected chi connectivity index (χ4v) is 4.53. The van der Waals surface area contributed by atoms with E-state index in [4.69, 9.17) is 0 Å². The van der Waals surface area contributed by atoms with Gasteiger partial charge in [-0.2, -0.15) is 11.8 Å². The normalized spacial score (nSPS) is 31.4. The van der Waals surface area contributed by atoms with Crippen LogP contribution in [0.1, 0.15) is 47.5 Å². The second-order valence-electron chi connectivity index (χ2n) is 5.90. The molecule has 3 atom stereocenters. The van der Waals surface area contributed by atoms with E-state index in [1.807, 2.05) is 23.5 Å². The first kappa shape index (κ1) is 14.4. The summed E-state index contributed by atoms with van der Waals surface area (Å²) in [5, 5.41) is 1.55. The maximum absolute atomic E-state index is 12.1. The van der Waals surface area contributed by atoms with E-state index in [1.54, 1.807) is 0 Å². The van der Waals surface area contributed by atoms with Crippen LogP contribution in [-0.4, -0.2) is 27.3 Å². The van der Waals surface area contributed by atoms with Crippen LogP contribution in [0.5, 0.6) is 0 Å². The maximum Gasteiger partial charge on any atom is 0.146 e. The molecule has 0 bridgehead atoms. The lowest BCUT2D eigenvalue weighted by Gasteiger charge is -2.30. The Morgan fingerprint density at radius 3 is 2.38 bits per heavy atom. The highest BCUT2D eigenvalue weighted by Gasteiger charge is 2.30. The molecule has 1 rings (SSSR count). The van der Waals surface area contributed by atoms with Gasteiger partial charge < -0.3 is 0 Å². The number of hydrogen-bond donors (Lipinski definition) is 0. The molecular weight excluding hydrogens is 236 g/mol. The Balaban J connectivity index is 2.38. The predicted octanol–water partition coefficient (Wildman–Crippen LogP) is 4.01. The molecule has 1 nitrogen and oxygen atoms in total. The van der Waals surface area contributed by atoms with Gasteiger partial charge in [-0.3, -0.25) is 4.79 Å². The Morgan fingerprint density at radius 2 is 1.88 bits per heavy atom. The van der Waals surface area contributed by atoms with Crippen LogP contribution in [0.4, 0.5) is 0 Å². The van der Waals surface area contributed by atoms with Gasteiger partial charge in [-0.25, -0.2) is 0 Å². The third-order valence-electron chi connectivity index (χ3n) is 3.03. The molecule has 0 amide bonds. The minimum Gasteiger partial charge on any atom is -0.298 e. The van der Waals surface area contributed by atoms with Crippen molar-refractivity contribution in [3.05, 3.63) is 0 Å². The summed E-state index contributed by atoms with van der Waals surface area (Å²) in [5.74, 6) is 1.48. The molecule has 0 aromatic carbocycles. The molecule has 94 valence electrons. The smallest absolute Gasteiger partial charge is 0.146 e. The lowest BCUT2D eigenvalue weighted by Crippen LogP contribution is -2.32. The Hall–Kier alpha value is 0.370. The summed E-state index contributed by atoms with van der Waals surface area (Å²) in [4.78, 5) is 12.1. The van der Waals surface area contributed by atoms with Crippen LogP contribution < -0.4 is 0 Å². The third-order valence-corrected chi connectivity index (χ3v) is 6.47. The average molecular weight is 260 g/mol. The number of hydrogen-bond acceptors (Lipinski definition) is 3. The molecule has 3 heteroatoms. The Labute approximate surface area is 109 Å². The number of carbonyl (C=O) groups excluding carboxylic acids is 1. The van der Waals surface area contributed by atoms with Crippen LogP contribution in [0, 0.1) is 5.41 Å². The SMILES string of the molecule is CC1SCC(C(=O)CCC(C)(C)C)SC1C. The molecule has 0 N–H and O–H groups in total. The van der Waals surface area contributed by atoms with Crippen LogP contribution in [0.3, 0.4) is 0 Å². The summed E-state index contributed by atoms with van der Waals surface area (Å²) in [7, 11) is 0. The molecule has 1 heterocycles. The minimum atomic E-state index is 0.249. The van der Waals surface area contributed by atoms with Crippen molar-refractivity contribution in [3.63, 3.8) is 0 Å². The van der Waals surface area contributed by atoms with Gasteiger partial charge in [0, 0.05) is 22.7 Å². The zero-order valence-electron chi connectivity index (χ0n) is 11.1. The van der Waals surface area contributed by atoms with E-state index in [2.05, 4.69) is 34.6 Å². The fraction of sp³-hybridized carbons (Fsp3) is 0.923. The van der Waals surface area contributed by atoms with Crippen molar-refractivity contribution in [1.29, 1.82) is 0 Å². The van der Waals surface area contributed by atoms with Crippen molar-refractivity contribution in [3.8, 4) is 0 Å². The first-order chi connectivity index (χ1) is 7.29. The van der Waals surface area contributed by atoms with Gasteiger partial charge in [-0.15, -0.1) is 11.8 Å². The lowest BCUT2D eigenvalue weighted by atomic mass is 9.89. The molecule has 0 radical (unpaired) electrons. The van der Waals surface area contributed by atoms with Crippen molar-refractivity contribution in [2.45, 2.75) is 63.2 Å². The van der Waals surface area contributed by atoms with Gasteiger partial charge in [0.25, 0.3) is 0 Å². The summed E-state index contributed by atoms with van der Waals surface area (Å²) in [6.45, 7) is 11.1. The molecule has 1 aliphatic heterocycles. The van der Waals surface area contributed by atoms with Gasteiger partial charge in [0.1, 0.15) is 5.78 Å². The Morgan fingerprint density at radius 1 is 1.25 bits per heavy atom. The number of thioether (sulfide) groups is 2. The quantitative estimate of drug-likeness (QED) is 0.763. The van der Waals surface area contributed by atoms with E-state index in [0.717, 1.165) is 18.6 Å². The predicted molar refractivity (Wildman–Crippen MR) is 76.5 cm³/mol. The van der Waals surface area contributed by atoms with E-state index in [1.165, 1.54) is 0 Å². The molecule has 0 aliphatic carbocycles. The number of carbonyl (C=O) groups is 1. The highest BCUT2D eigenvalue weighted by atomic mass is 32.2. The van der Waals surface area contributed by atoms with Gasteiger partial charge in [0.05, 0.1) is 5.25 Å². The molecule has 1 aliphatic rings. The molecule has 0 aromatic rings. The van der Waals surface area contributed by atoms with Crippen LogP contribution in [0.15, 0.2) is 0 Å². The van der Waals surface area contributed by atoms with Gasteiger partial charge in [0.15, 0.2) is 0 Å². The van der Waals surface area contributed by atoms with Gasteiger partial charge >= 0.3 is 0 Å². The van der Waals surface area contributed by atoms with Crippen molar-refractivity contribution in [2.24, 2.45) is 5.41 Å². The molecule has 0 aromatic heterocycles. The largest absolute Gasteiger partial charge is 0.298 e. The van der Waals surface area contributed by atoms with Crippen LogP contribution in [0.25, 0.3) is 0 Å². The minimum absolute atomic E-state index is 0.249. The second-order valence-corrected chi connectivity index (χ2v) is 8.89. The zero-order valence-corrected chi connectivity index (χ0v) is 12.7. The maximum atomic E-state index is 12.1. The second kappa shape index (κ2) is 5.81. The Bertz CT molecular complexity index is 245. The van der Waals surface area contributed by atoms with Gasteiger partial charge in [-0.05, 0) is 11.8 Å². The summed E-state index contributed by atoms with van der Waals surface area (Å²) in [5.41, 5.74) is 0.279. The zero-order chi connectivity index (χ0) is 12.3. The molecule has 0 saturated carbocycles. The van der Waals surface area contributed by atoms with E-state index < -0.39 is 0 Å². The average Bonchev–Trinajstić information content (AvgIpc) is 2.17. The van der Waals surface area contributed by atoms with E-state index in [0.29, 0.717) is 16.3 Å². The van der Waals surface area contributed by atoms with Crippen molar-refractivity contribution >= 4 is 29.3 Å².